The average molecular weight is 318 g/mol. The van der Waals surface area contributed by atoms with Crippen LogP contribution in [0.15, 0.2) is 10.7 Å². The summed E-state index contributed by atoms with van der Waals surface area (Å²) in [5.41, 5.74) is 1.11. The average Bonchev–Trinajstić information content (AvgIpc) is 2.74. The van der Waals surface area contributed by atoms with Crippen molar-refractivity contribution in [3.05, 3.63) is 16.4 Å². The third kappa shape index (κ3) is 2.77. The molecule has 0 aromatic carbocycles. The maximum absolute atomic E-state index is 5.80. The first-order valence-corrected chi connectivity index (χ1v) is 7.04. The molecule has 1 aromatic rings. The Morgan fingerprint density at radius 2 is 2.28 bits per heavy atom. The molecule has 2 heterocycles. The van der Waals surface area contributed by atoms with Gasteiger partial charge < -0.3 is 14.8 Å². The minimum atomic E-state index is 0.0225. The van der Waals surface area contributed by atoms with Gasteiger partial charge >= 0.3 is 0 Å². The number of likely N-dealkylation sites (N-methyl/N-ethyl adjacent to an activating group) is 1. The van der Waals surface area contributed by atoms with Crippen molar-refractivity contribution in [1.29, 1.82) is 0 Å². The van der Waals surface area contributed by atoms with Crippen molar-refractivity contribution in [3.63, 3.8) is 0 Å². The van der Waals surface area contributed by atoms with E-state index in [-0.39, 0.29) is 12.1 Å². The van der Waals surface area contributed by atoms with Gasteiger partial charge in [0.25, 0.3) is 0 Å². The fourth-order valence-electron chi connectivity index (χ4n) is 2.25. The highest BCUT2D eigenvalue weighted by Gasteiger charge is 2.30. The van der Waals surface area contributed by atoms with Gasteiger partial charge in [0.1, 0.15) is 6.10 Å². The van der Waals surface area contributed by atoms with E-state index in [2.05, 4.69) is 40.2 Å². The Morgan fingerprint density at radius 3 is 2.83 bits per heavy atom. The van der Waals surface area contributed by atoms with E-state index in [1.165, 1.54) is 0 Å². The third-order valence-corrected chi connectivity index (χ3v) is 3.71. The molecule has 0 radical (unpaired) electrons. The largest absolute Gasteiger partial charge is 0.376 e. The highest BCUT2D eigenvalue weighted by atomic mass is 79.9. The molecule has 0 bridgehead atoms. The van der Waals surface area contributed by atoms with Crippen LogP contribution in [0.2, 0.25) is 0 Å². The SMILES string of the molecule is CNC(c1c(Br)cnn1C(C)C)C1COCCO1. The van der Waals surface area contributed by atoms with Crippen LogP contribution < -0.4 is 5.32 Å². The Hall–Kier alpha value is -0.430. The zero-order chi connectivity index (χ0) is 13.1. The lowest BCUT2D eigenvalue weighted by molar-refractivity contribution is -0.102. The Balaban J connectivity index is 2.28. The van der Waals surface area contributed by atoms with Gasteiger partial charge in [-0.2, -0.15) is 5.10 Å². The van der Waals surface area contributed by atoms with E-state index >= 15 is 0 Å². The van der Waals surface area contributed by atoms with E-state index in [0.29, 0.717) is 25.9 Å². The number of halogens is 1. The van der Waals surface area contributed by atoms with Crippen LogP contribution in [0.1, 0.15) is 31.6 Å². The van der Waals surface area contributed by atoms with Crippen LogP contribution in [-0.4, -0.2) is 42.8 Å². The van der Waals surface area contributed by atoms with Gasteiger partial charge in [0.05, 0.1) is 42.2 Å². The Bertz CT molecular complexity index is 389. The zero-order valence-electron chi connectivity index (χ0n) is 11.0. The maximum atomic E-state index is 5.80. The van der Waals surface area contributed by atoms with Crippen LogP contribution in [-0.2, 0) is 9.47 Å². The maximum Gasteiger partial charge on any atom is 0.102 e. The van der Waals surface area contributed by atoms with Crippen LogP contribution in [0, 0.1) is 0 Å². The number of nitrogens with zero attached hydrogens (tertiary/aromatic N) is 2. The number of hydrogen-bond acceptors (Lipinski definition) is 4. The van der Waals surface area contributed by atoms with E-state index in [4.69, 9.17) is 9.47 Å². The topological polar surface area (TPSA) is 48.3 Å². The molecule has 18 heavy (non-hydrogen) atoms. The molecule has 0 spiro atoms. The number of nitrogens with one attached hydrogen (secondary N) is 1. The Morgan fingerprint density at radius 1 is 1.50 bits per heavy atom. The van der Waals surface area contributed by atoms with E-state index in [0.717, 1.165) is 10.2 Å². The molecule has 2 atom stereocenters. The van der Waals surface area contributed by atoms with E-state index in [1.807, 2.05) is 17.9 Å². The fraction of sp³-hybridized carbons (Fsp3) is 0.750. The zero-order valence-corrected chi connectivity index (χ0v) is 12.6. The van der Waals surface area contributed by atoms with Crippen molar-refractivity contribution in [1.82, 2.24) is 15.1 Å². The predicted molar refractivity (Wildman–Crippen MR) is 72.7 cm³/mol. The normalized spacial score (nSPS) is 22.4. The van der Waals surface area contributed by atoms with Crippen LogP contribution >= 0.6 is 15.9 Å². The highest BCUT2D eigenvalue weighted by molar-refractivity contribution is 9.10. The van der Waals surface area contributed by atoms with E-state index in [1.54, 1.807) is 0 Å². The Kier molecular flexibility index (Phi) is 4.77. The van der Waals surface area contributed by atoms with Gasteiger partial charge in [0, 0.05) is 6.04 Å². The molecule has 0 amide bonds. The number of rotatable bonds is 4. The lowest BCUT2D eigenvalue weighted by Gasteiger charge is -2.31. The molecule has 1 aliphatic rings. The van der Waals surface area contributed by atoms with Crippen molar-refractivity contribution >= 4 is 15.9 Å². The van der Waals surface area contributed by atoms with Gasteiger partial charge in [-0.1, -0.05) is 0 Å². The van der Waals surface area contributed by atoms with Crippen molar-refractivity contribution in [2.45, 2.75) is 32.0 Å². The number of ether oxygens (including phenoxy) is 2. The standard InChI is InChI=1S/C12H20BrN3O2/c1-8(2)16-12(9(13)6-15-16)11(14-3)10-7-17-4-5-18-10/h6,8,10-11,14H,4-5,7H2,1-3H3. The molecule has 1 N–H and O–H groups in total. The van der Waals surface area contributed by atoms with E-state index in [9.17, 15) is 0 Å². The summed E-state index contributed by atoms with van der Waals surface area (Å²) in [7, 11) is 1.94. The van der Waals surface area contributed by atoms with Gasteiger partial charge in [-0.05, 0) is 36.8 Å². The molecule has 2 unspecified atom stereocenters. The molecule has 5 nitrogen and oxygen atoms in total. The summed E-state index contributed by atoms with van der Waals surface area (Å²) >= 11 is 3.57. The monoisotopic (exact) mass is 317 g/mol. The van der Waals surface area contributed by atoms with Crippen LogP contribution in [0.25, 0.3) is 0 Å². The summed E-state index contributed by atoms with van der Waals surface area (Å²) in [6.07, 6.45) is 1.86. The molecule has 1 aliphatic heterocycles. The van der Waals surface area contributed by atoms with Crippen LogP contribution in [0.5, 0.6) is 0 Å². The summed E-state index contributed by atoms with van der Waals surface area (Å²) in [5, 5.41) is 7.73. The van der Waals surface area contributed by atoms with Gasteiger partial charge in [0.15, 0.2) is 0 Å². The van der Waals surface area contributed by atoms with Gasteiger partial charge in [0.2, 0.25) is 0 Å². The predicted octanol–water partition coefficient (Wildman–Crippen LogP) is 1.90. The minimum absolute atomic E-state index is 0.0225. The van der Waals surface area contributed by atoms with E-state index < -0.39 is 0 Å². The first kappa shape index (κ1) is 14.0. The van der Waals surface area contributed by atoms with Crippen molar-refractivity contribution in [2.75, 3.05) is 26.9 Å². The summed E-state index contributed by atoms with van der Waals surface area (Å²) < 4.78 is 14.3. The van der Waals surface area contributed by atoms with Crippen molar-refractivity contribution < 1.29 is 9.47 Å². The second-order valence-corrected chi connectivity index (χ2v) is 5.52. The molecule has 2 rings (SSSR count). The molecule has 102 valence electrons. The molecule has 0 aliphatic carbocycles. The quantitative estimate of drug-likeness (QED) is 0.921. The molecule has 1 saturated heterocycles. The molecule has 6 heteroatoms. The molecular formula is C12H20BrN3O2. The molecule has 1 fully saturated rings. The second kappa shape index (κ2) is 6.14. The summed E-state index contributed by atoms with van der Waals surface area (Å²) in [6, 6.07) is 0.385. The lowest BCUT2D eigenvalue weighted by Crippen LogP contribution is -2.40. The third-order valence-electron chi connectivity index (χ3n) is 3.10. The smallest absolute Gasteiger partial charge is 0.102 e. The van der Waals surface area contributed by atoms with Crippen LogP contribution in [0.3, 0.4) is 0 Å². The molecule has 1 aromatic heterocycles. The van der Waals surface area contributed by atoms with Crippen LogP contribution in [0.4, 0.5) is 0 Å². The van der Waals surface area contributed by atoms with Gasteiger partial charge in [-0.15, -0.1) is 0 Å². The summed E-state index contributed by atoms with van der Waals surface area (Å²) in [6.45, 7) is 6.18. The molecule has 0 saturated carbocycles. The lowest BCUT2D eigenvalue weighted by atomic mass is 10.1. The van der Waals surface area contributed by atoms with Crippen molar-refractivity contribution in [2.24, 2.45) is 0 Å². The first-order valence-electron chi connectivity index (χ1n) is 6.24. The highest BCUT2D eigenvalue weighted by Crippen LogP contribution is 2.29. The summed E-state index contributed by atoms with van der Waals surface area (Å²) in [4.78, 5) is 0. The number of hydrogen-bond donors (Lipinski definition) is 1. The van der Waals surface area contributed by atoms with Gasteiger partial charge in [-0.25, -0.2) is 0 Å². The minimum Gasteiger partial charge on any atom is -0.376 e. The Labute approximate surface area is 116 Å². The van der Waals surface area contributed by atoms with Crippen molar-refractivity contribution in [3.8, 4) is 0 Å². The molecular weight excluding hydrogens is 298 g/mol. The number of aromatic nitrogens is 2. The van der Waals surface area contributed by atoms with Gasteiger partial charge in [-0.3, -0.25) is 4.68 Å². The summed E-state index contributed by atoms with van der Waals surface area (Å²) in [5.74, 6) is 0. The second-order valence-electron chi connectivity index (χ2n) is 4.67. The first-order chi connectivity index (χ1) is 8.65. The fourth-order valence-corrected chi connectivity index (χ4v) is 2.77.